The number of aliphatic carboxylic acids is 1. The van der Waals surface area contributed by atoms with Gasteiger partial charge in [-0.15, -0.1) is 0 Å². The number of thioether (sulfide) groups is 1. The van der Waals surface area contributed by atoms with Gasteiger partial charge in [0, 0.05) is 11.3 Å². The van der Waals surface area contributed by atoms with Crippen molar-refractivity contribution in [2.45, 2.75) is 43.0 Å². The fourth-order valence-electron chi connectivity index (χ4n) is 2.07. The second kappa shape index (κ2) is 7.22. The lowest BCUT2D eigenvalue weighted by Crippen LogP contribution is -2.49. The SMILES string of the molecule is CSC1CCC(NC(=O)NC(CC(N)=O)C(=O)O)C1. The largest absolute Gasteiger partial charge is 0.480 e. The first-order valence-electron chi connectivity index (χ1n) is 6.03. The predicted molar refractivity (Wildman–Crippen MR) is 71.8 cm³/mol. The average Bonchev–Trinajstić information content (AvgIpc) is 2.75. The molecule has 0 radical (unpaired) electrons. The molecule has 0 aromatic heterocycles. The first kappa shape index (κ1) is 15.6. The molecule has 3 amide bonds. The summed E-state index contributed by atoms with van der Waals surface area (Å²) in [6, 6.07) is -1.80. The van der Waals surface area contributed by atoms with Crippen molar-refractivity contribution in [3.05, 3.63) is 0 Å². The number of primary amides is 1. The Morgan fingerprint density at radius 1 is 1.42 bits per heavy atom. The van der Waals surface area contributed by atoms with Crippen LogP contribution in [0.1, 0.15) is 25.7 Å². The Bertz CT molecular complexity index is 364. The minimum absolute atomic E-state index is 0.0560. The quantitative estimate of drug-likeness (QED) is 0.544. The molecular formula is C11H19N3O4S. The molecule has 19 heavy (non-hydrogen) atoms. The molecule has 8 heteroatoms. The van der Waals surface area contributed by atoms with Crippen LogP contribution in [0.5, 0.6) is 0 Å². The first-order chi connectivity index (χ1) is 8.92. The first-order valence-corrected chi connectivity index (χ1v) is 7.32. The van der Waals surface area contributed by atoms with Crippen molar-refractivity contribution >= 4 is 29.7 Å². The zero-order chi connectivity index (χ0) is 14.4. The van der Waals surface area contributed by atoms with Crippen LogP contribution in [0.25, 0.3) is 0 Å². The van der Waals surface area contributed by atoms with Crippen LogP contribution in [0.4, 0.5) is 4.79 Å². The maximum Gasteiger partial charge on any atom is 0.326 e. The van der Waals surface area contributed by atoms with Crippen LogP contribution >= 0.6 is 11.8 Å². The Labute approximate surface area is 115 Å². The summed E-state index contributed by atoms with van der Waals surface area (Å²) in [6.45, 7) is 0. The number of carbonyl (C=O) groups is 3. The average molecular weight is 289 g/mol. The zero-order valence-electron chi connectivity index (χ0n) is 10.7. The monoisotopic (exact) mass is 289 g/mol. The summed E-state index contributed by atoms with van der Waals surface area (Å²) in [5.74, 6) is -2.04. The summed E-state index contributed by atoms with van der Waals surface area (Å²) in [7, 11) is 0. The number of nitrogens with two attached hydrogens (primary N) is 1. The third kappa shape index (κ3) is 5.37. The van der Waals surface area contributed by atoms with E-state index >= 15 is 0 Å². The summed E-state index contributed by atoms with van der Waals surface area (Å²) < 4.78 is 0. The number of hydrogen-bond donors (Lipinski definition) is 4. The molecule has 108 valence electrons. The Hall–Kier alpha value is -1.44. The van der Waals surface area contributed by atoms with Crippen LogP contribution in [0.15, 0.2) is 0 Å². The lowest BCUT2D eigenvalue weighted by Gasteiger charge is -2.17. The molecule has 1 fully saturated rings. The number of carbonyl (C=O) groups excluding carboxylic acids is 2. The van der Waals surface area contributed by atoms with Gasteiger partial charge < -0.3 is 21.5 Å². The number of carboxylic acids is 1. The van der Waals surface area contributed by atoms with E-state index in [-0.39, 0.29) is 6.04 Å². The molecular weight excluding hydrogens is 270 g/mol. The lowest BCUT2D eigenvalue weighted by molar-refractivity contribution is -0.140. The standard InChI is InChI=1S/C11H19N3O4S/c1-19-7-3-2-6(4-7)13-11(18)14-8(10(16)17)5-9(12)15/h6-8H,2-5H2,1H3,(H2,12,15)(H,16,17)(H2,13,14,18). The van der Waals surface area contributed by atoms with Crippen molar-refractivity contribution in [1.82, 2.24) is 10.6 Å². The second-order valence-corrected chi connectivity index (χ2v) is 5.68. The van der Waals surface area contributed by atoms with Crippen molar-refractivity contribution in [3.63, 3.8) is 0 Å². The minimum Gasteiger partial charge on any atom is -0.480 e. The molecule has 0 heterocycles. The van der Waals surface area contributed by atoms with Gasteiger partial charge in [-0.2, -0.15) is 11.8 Å². The van der Waals surface area contributed by atoms with E-state index < -0.39 is 30.4 Å². The zero-order valence-corrected chi connectivity index (χ0v) is 11.5. The second-order valence-electron chi connectivity index (χ2n) is 4.55. The van der Waals surface area contributed by atoms with Crippen LogP contribution in [-0.2, 0) is 9.59 Å². The van der Waals surface area contributed by atoms with Crippen molar-refractivity contribution in [1.29, 1.82) is 0 Å². The smallest absolute Gasteiger partial charge is 0.326 e. The third-order valence-electron chi connectivity index (χ3n) is 3.06. The molecule has 1 rings (SSSR count). The van der Waals surface area contributed by atoms with Crippen LogP contribution in [-0.4, -0.2) is 46.6 Å². The van der Waals surface area contributed by atoms with Crippen molar-refractivity contribution in [3.8, 4) is 0 Å². The molecule has 0 saturated heterocycles. The topological polar surface area (TPSA) is 122 Å². The van der Waals surface area contributed by atoms with Gasteiger partial charge in [0.2, 0.25) is 5.91 Å². The van der Waals surface area contributed by atoms with E-state index in [4.69, 9.17) is 10.8 Å². The van der Waals surface area contributed by atoms with Gasteiger partial charge in [-0.3, -0.25) is 4.79 Å². The van der Waals surface area contributed by atoms with Crippen LogP contribution in [0.3, 0.4) is 0 Å². The highest BCUT2D eigenvalue weighted by Crippen LogP contribution is 2.27. The molecule has 0 aromatic carbocycles. The third-order valence-corrected chi connectivity index (χ3v) is 4.16. The number of nitrogens with one attached hydrogen (secondary N) is 2. The molecule has 0 aliphatic heterocycles. The van der Waals surface area contributed by atoms with Crippen molar-refractivity contribution in [2.24, 2.45) is 5.73 Å². The van der Waals surface area contributed by atoms with Gasteiger partial charge in [0.15, 0.2) is 0 Å². The number of amides is 3. The molecule has 3 atom stereocenters. The van der Waals surface area contributed by atoms with Crippen LogP contribution in [0.2, 0.25) is 0 Å². The van der Waals surface area contributed by atoms with E-state index in [0.717, 1.165) is 19.3 Å². The van der Waals surface area contributed by atoms with E-state index in [1.54, 1.807) is 11.8 Å². The maximum absolute atomic E-state index is 11.6. The Balaban J connectivity index is 2.40. The highest BCUT2D eigenvalue weighted by Gasteiger charge is 2.27. The van der Waals surface area contributed by atoms with Gasteiger partial charge in [0.1, 0.15) is 6.04 Å². The molecule has 3 unspecified atom stereocenters. The fourth-order valence-corrected chi connectivity index (χ4v) is 2.87. The van der Waals surface area contributed by atoms with Gasteiger partial charge >= 0.3 is 12.0 Å². The number of rotatable bonds is 6. The normalized spacial score (nSPS) is 23.6. The number of hydrogen-bond acceptors (Lipinski definition) is 4. The van der Waals surface area contributed by atoms with Gasteiger partial charge in [-0.05, 0) is 25.5 Å². The molecule has 1 aliphatic carbocycles. The van der Waals surface area contributed by atoms with E-state index in [1.165, 1.54) is 0 Å². The van der Waals surface area contributed by atoms with Gasteiger partial charge in [-0.1, -0.05) is 0 Å². The van der Waals surface area contributed by atoms with E-state index in [1.807, 2.05) is 6.26 Å². The molecule has 0 spiro atoms. The summed E-state index contributed by atoms with van der Waals surface area (Å²) in [6.07, 6.45) is 4.41. The fraction of sp³-hybridized carbons (Fsp3) is 0.727. The van der Waals surface area contributed by atoms with Gasteiger partial charge in [-0.25, -0.2) is 9.59 Å². The highest BCUT2D eigenvalue weighted by atomic mass is 32.2. The molecule has 1 aliphatic rings. The highest BCUT2D eigenvalue weighted by molar-refractivity contribution is 7.99. The molecule has 7 nitrogen and oxygen atoms in total. The van der Waals surface area contributed by atoms with E-state index in [0.29, 0.717) is 5.25 Å². The van der Waals surface area contributed by atoms with E-state index in [9.17, 15) is 14.4 Å². The molecule has 5 N–H and O–H groups in total. The van der Waals surface area contributed by atoms with Crippen molar-refractivity contribution < 1.29 is 19.5 Å². The number of carboxylic acid groups (broad SMARTS) is 1. The van der Waals surface area contributed by atoms with Crippen LogP contribution < -0.4 is 16.4 Å². The predicted octanol–water partition coefficient (Wildman–Crippen LogP) is -0.102. The molecule has 1 saturated carbocycles. The lowest BCUT2D eigenvalue weighted by atomic mass is 10.2. The summed E-state index contributed by atoms with van der Waals surface area (Å²) in [4.78, 5) is 33.2. The van der Waals surface area contributed by atoms with Crippen molar-refractivity contribution in [2.75, 3.05) is 6.26 Å². The molecule has 0 aromatic rings. The van der Waals surface area contributed by atoms with Gasteiger partial charge in [0.05, 0.1) is 6.42 Å². The summed E-state index contributed by atoms with van der Waals surface area (Å²) in [5.41, 5.74) is 4.93. The Morgan fingerprint density at radius 3 is 2.58 bits per heavy atom. The summed E-state index contributed by atoms with van der Waals surface area (Å²) >= 11 is 1.76. The molecule has 0 bridgehead atoms. The Morgan fingerprint density at radius 2 is 2.11 bits per heavy atom. The maximum atomic E-state index is 11.6. The number of urea groups is 1. The minimum atomic E-state index is -1.28. The van der Waals surface area contributed by atoms with E-state index in [2.05, 4.69) is 10.6 Å². The van der Waals surface area contributed by atoms with Gasteiger partial charge in [0.25, 0.3) is 0 Å². The Kier molecular flexibility index (Phi) is 5.94. The summed E-state index contributed by atoms with van der Waals surface area (Å²) in [5, 5.41) is 14.4. The van der Waals surface area contributed by atoms with Crippen LogP contribution in [0, 0.1) is 0 Å².